The topological polar surface area (TPSA) is 98.8 Å². The van der Waals surface area contributed by atoms with Gasteiger partial charge < -0.3 is 10.6 Å². The van der Waals surface area contributed by atoms with Crippen LogP contribution >= 0.6 is 0 Å². The quantitative estimate of drug-likeness (QED) is 0.0969. The van der Waals surface area contributed by atoms with Gasteiger partial charge in [-0.1, -0.05) is 74.7 Å². The van der Waals surface area contributed by atoms with E-state index in [1.807, 2.05) is 55.5 Å². The Kier molecular flexibility index (Phi) is 11.9. The van der Waals surface area contributed by atoms with Gasteiger partial charge in [0.1, 0.15) is 0 Å². The highest BCUT2D eigenvalue weighted by Gasteiger charge is 2.35. The molecule has 0 spiro atoms. The van der Waals surface area contributed by atoms with Crippen LogP contribution in [-0.4, -0.2) is 72.7 Å². The fourth-order valence-electron chi connectivity index (χ4n) is 6.63. The van der Waals surface area contributed by atoms with Gasteiger partial charge >= 0.3 is 0 Å². The van der Waals surface area contributed by atoms with Crippen molar-refractivity contribution in [2.24, 2.45) is 0 Å². The Balaban J connectivity index is 0.875. The van der Waals surface area contributed by atoms with Crippen molar-refractivity contribution in [3.8, 4) is 0 Å². The lowest BCUT2D eigenvalue weighted by Gasteiger charge is -2.29. The van der Waals surface area contributed by atoms with Crippen LogP contribution in [-0.2, 0) is 4.79 Å². The normalized spacial score (nSPS) is 15.2. The standard InChI is InChI=1S/C39H46N4O4/c1-3-15-30-34-28(2)16-10-19-31(34)37(45)42(36(30)44)26-13-24-40-22-8-6-4-5-7-9-23-41-25-14-27-43-38(46)32-20-11-17-29-18-12-21-33(35(29)32)39(43)47/h3,10-12,15-21,40-41H,1,4-9,13-14,22-27H2,2H3/b30-15+. The van der Waals surface area contributed by atoms with Gasteiger partial charge in [-0.05, 0) is 94.0 Å². The number of hydrogen-bond acceptors (Lipinski definition) is 6. The van der Waals surface area contributed by atoms with Gasteiger partial charge in [0, 0.05) is 46.3 Å². The third-order valence-corrected chi connectivity index (χ3v) is 9.06. The molecule has 47 heavy (non-hydrogen) atoms. The monoisotopic (exact) mass is 634 g/mol. The molecule has 2 N–H and O–H groups in total. The second-order valence-corrected chi connectivity index (χ2v) is 12.4. The fraction of sp³-hybridized carbons (Fsp3) is 0.385. The molecule has 2 heterocycles. The van der Waals surface area contributed by atoms with Gasteiger partial charge in [-0.2, -0.15) is 0 Å². The van der Waals surface area contributed by atoms with Crippen molar-refractivity contribution in [2.75, 3.05) is 39.3 Å². The molecule has 2 aliphatic heterocycles. The summed E-state index contributed by atoms with van der Waals surface area (Å²) in [7, 11) is 0. The molecule has 5 rings (SSSR count). The molecule has 0 aromatic heterocycles. The summed E-state index contributed by atoms with van der Waals surface area (Å²) >= 11 is 0. The predicted molar refractivity (Wildman–Crippen MR) is 187 cm³/mol. The molecular formula is C39H46N4O4. The van der Waals surface area contributed by atoms with E-state index in [9.17, 15) is 19.2 Å². The lowest BCUT2D eigenvalue weighted by atomic mass is 9.89. The van der Waals surface area contributed by atoms with E-state index in [2.05, 4.69) is 17.2 Å². The van der Waals surface area contributed by atoms with Gasteiger partial charge in [0.2, 0.25) is 0 Å². The number of amides is 4. The molecule has 0 aliphatic carbocycles. The van der Waals surface area contributed by atoms with Crippen LogP contribution in [0, 0.1) is 6.92 Å². The second-order valence-electron chi connectivity index (χ2n) is 12.4. The van der Waals surface area contributed by atoms with E-state index in [-0.39, 0.29) is 23.6 Å². The molecule has 0 atom stereocenters. The van der Waals surface area contributed by atoms with Crippen molar-refractivity contribution in [3.05, 3.63) is 101 Å². The summed E-state index contributed by atoms with van der Waals surface area (Å²) in [5.74, 6) is -0.864. The summed E-state index contributed by atoms with van der Waals surface area (Å²) in [6, 6.07) is 16.8. The van der Waals surface area contributed by atoms with Crippen LogP contribution < -0.4 is 10.6 Å². The minimum atomic E-state index is -0.248. The van der Waals surface area contributed by atoms with Gasteiger partial charge in [-0.3, -0.25) is 29.0 Å². The molecule has 0 fully saturated rings. The molecular weight excluding hydrogens is 588 g/mol. The zero-order chi connectivity index (χ0) is 33.2. The third kappa shape index (κ3) is 7.77. The number of imide groups is 2. The highest BCUT2D eigenvalue weighted by atomic mass is 16.2. The zero-order valence-electron chi connectivity index (χ0n) is 27.5. The Labute approximate surface area is 277 Å². The van der Waals surface area contributed by atoms with E-state index in [1.165, 1.54) is 35.5 Å². The van der Waals surface area contributed by atoms with Crippen LogP contribution in [0.2, 0.25) is 0 Å². The molecule has 0 bridgehead atoms. The molecule has 3 aromatic carbocycles. The van der Waals surface area contributed by atoms with Crippen LogP contribution in [0.5, 0.6) is 0 Å². The van der Waals surface area contributed by atoms with Crippen molar-refractivity contribution < 1.29 is 19.2 Å². The number of carbonyl (C=O) groups excluding carboxylic acids is 4. The number of hydrogen-bond donors (Lipinski definition) is 2. The molecule has 0 unspecified atom stereocenters. The summed E-state index contributed by atoms with van der Waals surface area (Å²) in [6.07, 6.45) is 11.7. The lowest BCUT2D eigenvalue weighted by molar-refractivity contribution is -0.122. The smallest absolute Gasteiger partial charge is 0.261 e. The Morgan fingerprint density at radius 2 is 1.06 bits per heavy atom. The summed E-state index contributed by atoms with van der Waals surface area (Å²) in [4.78, 5) is 54.9. The van der Waals surface area contributed by atoms with Crippen LogP contribution in [0.1, 0.15) is 93.6 Å². The van der Waals surface area contributed by atoms with Crippen molar-refractivity contribution in [3.63, 3.8) is 0 Å². The highest BCUT2D eigenvalue weighted by Crippen LogP contribution is 2.32. The number of nitrogens with zero attached hydrogens (tertiary/aromatic N) is 2. The van der Waals surface area contributed by atoms with Crippen LogP contribution in [0.4, 0.5) is 0 Å². The number of benzene rings is 3. The number of allylic oxidation sites excluding steroid dienone is 2. The van der Waals surface area contributed by atoms with Crippen molar-refractivity contribution in [1.29, 1.82) is 0 Å². The SMILES string of the molecule is C=C/C=C1/C(=O)N(CCCNCCCCCCCCNCCCN2C(=O)c3cccc4cccc(c34)C2=O)C(=O)c2cccc(C)c21. The largest absolute Gasteiger partial charge is 0.317 e. The highest BCUT2D eigenvalue weighted by molar-refractivity contribution is 6.31. The van der Waals surface area contributed by atoms with Gasteiger partial charge in [0.05, 0.1) is 0 Å². The van der Waals surface area contributed by atoms with Gasteiger partial charge in [0.15, 0.2) is 0 Å². The Hall–Kier alpha value is -4.40. The maximum atomic E-state index is 13.1. The maximum absolute atomic E-state index is 13.1. The molecule has 4 amide bonds. The minimum absolute atomic E-state index is 0.197. The van der Waals surface area contributed by atoms with Crippen LogP contribution in [0.15, 0.2) is 73.3 Å². The summed E-state index contributed by atoms with van der Waals surface area (Å²) in [5, 5.41) is 8.61. The number of carbonyl (C=O) groups is 4. The van der Waals surface area contributed by atoms with Crippen molar-refractivity contribution >= 4 is 40.0 Å². The minimum Gasteiger partial charge on any atom is -0.317 e. The first-order chi connectivity index (χ1) is 22.9. The van der Waals surface area contributed by atoms with E-state index < -0.39 is 0 Å². The van der Waals surface area contributed by atoms with Crippen LogP contribution in [0.25, 0.3) is 16.3 Å². The first-order valence-corrected chi connectivity index (χ1v) is 17.0. The Morgan fingerprint density at radius 1 is 0.596 bits per heavy atom. The fourth-order valence-corrected chi connectivity index (χ4v) is 6.63. The summed E-state index contributed by atoms with van der Waals surface area (Å²) in [6.45, 7) is 9.86. The molecule has 8 heteroatoms. The van der Waals surface area contributed by atoms with Gasteiger partial charge in [0.25, 0.3) is 23.6 Å². The molecule has 246 valence electrons. The first-order valence-electron chi connectivity index (χ1n) is 17.0. The molecule has 8 nitrogen and oxygen atoms in total. The van der Waals surface area contributed by atoms with Gasteiger partial charge in [-0.25, -0.2) is 0 Å². The first kappa shape index (κ1) is 33.9. The van der Waals surface area contributed by atoms with E-state index in [1.54, 1.807) is 18.2 Å². The Morgan fingerprint density at radius 3 is 1.64 bits per heavy atom. The zero-order valence-corrected chi connectivity index (χ0v) is 27.5. The second kappa shape index (κ2) is 16.4. The number of fused-ring (bicyclic) bond motifs is 1. The molecule has 0 saturated heterocycles. The Bertz CT molecular complexity index is 1630. The third-order valence-electron chi connectivity index (χ3n) is 9.06. The molecule has 2 aliphatic rings. The maximum Gasteiger partial charge on any atom is 0.261 e. The van der Waals surface area contributed by atoms with E-state index in [0.717, 1.165) is 67.3 Å². The summed E-state index contributed by atoms with van der Waals surface area (Å²) in [5.41, 5.74) is 3.98. The number of unbranched alkanes of at least 4 members (excludes halogenated alkanes) is 5. The van der Waals surface area contributed by atoms with E-state index in [0.29, 0.717) is 41.8 Å². The number of rotatable bonds is 18. The van der Waals surface area contributed by atoms with Crippen molar-refractivity contribution in [1.82, 2.24) is 20.4 Å². The average molecular weight is 635 g/mol. The lowest BCUT2D eigenvalue weighted by Crippen LogP contribution is -2.43. The average Bonchev–Trinajstić information content (AvgIpc) is 3.08. The molecule has 3 aromatic rings. The van der Waals surface area contributed by atoms with Crippen molar-refractivity contribution in [2.45, 2.75) is 58.3 Å². The van der Waals surface area contributed by atoms with E-state index in [4.69, 9.17) is 0 Å². The number of nitrogens with one attached hydrogen (secondary N) is 2. The summed E-state index contributed by atoms with van der Waals surface area (Å²) < 4.78 is 0. The predicted octanol–water partition coefficient (Wildman–Crippen LogP) is 6.30. The number of aryl methyl sites for hydroxylation is 1. The van der Waals surface area contributed by atoms with Crippen LogP contribution in [0.3, 0.4) is 0 Å². The molecule has 0 radical (unpaired) electrons. The molecule has 0 saturated carbocycles. The van der Waals surface area contributed by atoms with E-state index >= 15 is 0 Å². The van der Waals surface area contributed by atoms with Gasteiger partial charge in [-0.15, -0.1) is 0 Å².